The van der Waals surface area contributed by atoms with Crippen LogP contribution in [0.15, 0.2) is 18.3 Å². The Hall–Kier alpha value is -2.24. The Labute approximate surface area is 85.0 Å². The number of primary amides is 1. The highest BCUT2D eigenvalue weighted by Gasteiger charge is 2.10. The Morgan fingerprint density at radius 2 is 2.27 bits per heavy atom. The summed E-state index contributed by atoms with van der Waals surface area (Å²) in [6, 6.07) is 3.31. The maximum atomic E-state index is 10.6. The van der Waals surface area contributed by atoms with Crippen LogP contribution in [-0.2, 0) is 0 Å². The van der Waals surface area contributed by atoms with Crippen molar-refractivity contribution < 1.29 is 14.3 Å². The first-order valence-electron chi connectivity index (χ1n) is 4.19. The Balaban J connectivity index is 2.54. The van der Waals surface area contributed by atoms with Crippen LogP contribution in [0.5, 0.6) is 11.5 Å². The molecule has 1 amide bonds. The van der Waals surface area contributed by atoms with Crippen molar-refractivity contribution in [1.82, 2.24) is 10.2 Å². The normalized spacial score (nSPS) is 10.2. The Kier molecular flexibility index (Phi) is 2.17. The van der Waals surface area contributed by atoms with E-state index < -0.39 is 6.09 Å². The quantitative estimate of drug-likeness (QED) is 0.769. The first kappa shape index (κ1) is 9.32. The Bertz CT molecular complexity index is 506. The summed E-state index contributed by atoms with van der Waals surface area (Å²) in [5, 5.41) is 7.43. The van der Waals surface area contributed by atoms with Gasteiger partial charge in [0.1, 0.15) is 0 Å². The molecule has 0 bridgehead atoms. The summed E-state index contributed by atoms with van der Waals surface area (Å²) in [6.45, 7) is 0. The molecule has 0 aliphatic rings. The number of nitrogens with two attached hydrogens (primary N) is 1. The SMILES string of the molecule is COc1cc2[nH]ncc2cc1OC(N)=O. The molecule has 2 aromatic rings. The van der Waals surface area contributed by atoms with Crippen molar-refractivity contribution in [2.75, 3.05) is 7.11 Å². The second-order valence-electron chi connectivity index (χ2n) is 2.88. The minimum atomic E-state index is -0.879. The van der Waals surface area contributed by atoms with Gasteiger partial charge in [-0.15, -0.1) is 0 Å². The minimum absolute atomic E-state index is 0.277. The second-order valence-corrected chi connectivity index (χ2v) is 2.88. The number of methoxy groups -OCH3 is 1. The van der Waals surface area contributed by atoms with Gasteiger partial charge in [-0.05, 0) is 6.07 Å². The van der Waals surface area contributed by atoms with E-state index in [-0.39, 0.29) is 5.75 Å². The van der Waals surface area contributed by atoms with E-state index in [2.05, 4.69) is 10.2 Å². The molecule has 0 spiro atoms. The number of H-pyrrole nitrogens is 1. The molecular formula is C9H9N3O3. The van der Waals surface area contributed by atoms with E-state index in [1.54, 1.807) is 18.3 Å². The molecule has 0 aliphatic heterocycles. The number of aromatic amines is 1. The molecule has 0 atom stereocenters. The third kappa shape index (κ3) is 1.69. The molecular weight excluding hydrogens is 198 g/mol. The number of aromatic nitrogens is 2. The number of ether oxygens (including phenoxy) is 2. The summed E-state index contributed by atoms with van der Waals surface area (Å²) in [5.41, 5.74) is 5.72. The first-order chi connectivity index (χ1) is 7.20. The molecule has 0 aliphatic carbocycles. The summed E-state index contributed by atoms with van der Waals surface area (Å²) in [4.78, 5) is 10.6. The van der Waals surface area contributed by atoms with Crippen LogP contribution in [0.1, 0.15) is 0 Å². The van der Waals surface area contributed by atoms with Gasteiger partial charge in [0.25, 0.3) is 0 Å². The van der Waals surface area contributed by atoms with Crippen LogP contribution >= 0.6 is 0 Å². The van der Waals surface area contributed by atoms with Gasteiger partial charge < -0.3 is 15.2 Å². The first-order valence-corrected chi connectivity index (χ1v) is 4.19. The smallest absolute Gasteiger partial charge is 0.410 e. The third-order valence-corrected chi connectivity index (χ3v) is 1.93. The molecule has 0 radical (unpaired) electrons. The van der Waals surface area contributed by atoms with Crippen LogP contribution in [0.4, 0.5) is 4.79 Å². The van der Waals surface area contributed by atoms with Crippen LogP contribution in [0.2, 0.25) is 0 Å². The van der Waals surface area contributed by atoms with Crippen molar-refractivity contribution in [2.45, 2.75) is 0 Å². The lowest BCUT2D eigenvalue weighted by Crippen LogP contribution is -2.16. The van der Waals surface area contributed by atoms with Crippen LogP contribution in [-0.4, -0.2) is 23.4 Å². The molecule has 3 N–H and O–H groups in total. The number of nitrogens with one attached hydrogen (secondary N) is 1. The lowest BCUT2D eigenvalue weighted by Gasteiger charge is -2.06. The molecule has 6 heteroatoms. The van der Waals surface area contributed by atoms with Crippen LogP contribution in [0.3, 0.4) is 0 Å². The molecule has 2 rings (SSSR count). The van der Waals surface area contributed by atoms with Gasteiger partial charge in [-0.2, -0.15) is 5.10 Å². The molecule has 15 heavy (non-hydrogen) atoms. The number of hydrogen-bond donors (Lipinski definition) is 2. The zero-order valence-corrected chi connectivity index (χ0v) is 7.98. The van der Waals surface area contributed by atoms with Crippen molar-refractivity contribution >= 4 is 17.0 Å². The second kappa shape index (κ2) is 3.49. The highest BCUT2D eigenvalue weighted by Crippen LogP contribution is 2.31. The van der Waals surface area contributed by atoms with Gasteiger partial charge in [-0.1, -0.05) is 0 Å². The summed E-state index contributed by atoms with van der Waals surface area (Å²) >= 11 is 0. The van der Waals surface area contributed by atoms with Crippen LogP contribution < -0.4 is 15.2 Å². The zero-order chi connectivity index (χ0) is 10.8. The fraction of sp³-hybridized carbons (Fsp3) is 0.111. The van der Waals surface area contributed by atoms with E-state index in [1.807, 2.05) is 0 Å². The minimum Gasteiger partial charge on any atom is -0.493 e. The number of carbonyl (C=O) groups is 1. The predicted octanol–water partition coefficient (Wildman–Crippen LogP) is 1.03. The zero-order valence-electron chi connectivity index (χ0n) is 7.98. The van der Waals surface area contributed by atoms with E-state index in [0.717, 1.165) is 10.9 Å². The summed E-state index contributed by atoms with van der Waals surface area (Å²) < 4.78 is 9.83. The highest BCUT2D eigenvalue weighted by atomic mass is 16.6. The molecule has 0 fully saturated rings. The van der Waals surface area contributed by atoms with Gasteiger partial charge in [0.05, 0.1) is 18.8 Å². The standard InChI is InChI=1S/C9H9N3O3/c1-14-7-3-6-5(4-11-12-6)2-8(7)15-9(10)13/h2-4H,1H3,(H2,10,13)(H,11,12). The van der Waals surface area contributed by atoms with Gasteiger partial charge in [-0.3, -0.25) is 5.10 Å². The Morgan fingerprint density at radius 3 is 2.93 bits per heavy atom. The fourth-order valence-corrected chi connectivity index (χ4v) is 1.30. The molecule has 1 heterocycles. The lowest BCUT2D eigenvalue weighted by molar-refractivity contribution is 0.209. The summed E-state index contributed by atoms with van der Waals surface area (Å²) in [6.07, 6.45) is 0.735. The molecule has 1 aromatic heterocycles. The Morgan fingerprint density at radius 1 is 1.47 bits per heavy atom. The van der Waals surface area contributed by atoms with Crippen molar-refractivity contribution in [3.05, 3.63) is 18.3 Å². The van der Waals surface area contributed by atoms with Crippen molar-refractivity contribution in [3.8, 4) is 11.5 Å². The number of nitrogens with zero attached hydrogens (tertiary/aromatic N) is 1. The molecule has 78 valence electrons. The fourth-order valence-electron chi connectivity index (χ4n) is 1.30. The predicted molar refractivity (Wildman–Crippen MR) is 52.9 cm³/mol. The van der Waals surface area contributed by atoms with E-state index in [9.17, 15) is 4.79 Å². The van der Waals surface area contributed by atoms with Crippen LogP contribution in [0.25, 0.3) is 10.9 Å². The summed E-state index contributed by atoms with van der Waals surface area (Å²) in [7, 11) is 1.48. The number of rotatable bonds is 2. The van der Waals surface area contributed by atoms with Crippen molar-refractivity contribution in [1.29, 1.82) is 0 Å². The highest BCUT2D eigenvalue weighted by molar-refractivity contribution is 5.83. The van der Waals surface area contributed by atoms with Crippen LogP contribution in [0, 0.1) is 0 Å². The maximum absolute atomic E-state index is 10.6. The van der Waals surface area contributed by atoms with Gasteiger partial charge in [0, 0.05) is 11.5 Å². The maximum Gasteiger partial charge on any atom is 0.410 e. The topological polar surface area (TPSA) is 90.2 Å². The van der Waals surface area contributed by atoms with E-state index in [1.165, 1.54) is 7.11 Å². The number of benzene rings is 1. The van der Waals surface area contributed by atoms with Gasteiger partial charge in [0.2, 0.25) is 0 Å². The monoisotopic (exact) mass is 207 g/mol. The van der Waals surface area contributed by atoms with E-state index >= 15 is 0 Å². The number of fused-ring (bicyclic) bond motifs is 1. The lowest BCUT2D eigenvalue weighted by atomic mass is 10.2. The van der Waals surface area contributed by atoms with Gasteiger partial charge >= 0.3 is 6.09 Å². The largest absolute Gasteiger partial charge is 0.493 e. The number of carbonyl (C=O) groups excluding carboxylic acids is 1. The van der Waals surface area contributed by atoms with Crippen molar-refractivity contribution in [2.24, 2.45) is 5.73 Å². The molecule has 0 saturated heterocycles. The average molecular weight is 207 g/mol. The van der Waals surface area contributed by atoms with E-state index in [4.69, 9.17) is 15.2 Å². The molecule has 0 unspecified atom stereocenters. The summed E-state index contributed by atoms with van der Waals surface area (Å²) in [5.74, 6) is 0.699. The number of hydrogen-bond acceptors (Lipinski definition) is 4. The van der Waals surface area contributed by atoms with Gasteiger partial charge in [-0.25, -0.2) is 4.79 Å². The third-order valence-electron chi connectivity index (χ3n) is 1.93. The molecule has 0 saturated carbocycles. The van der Waals surface area contributed by atoms with Crippen molar-refractivity contribution in [3.63, 3.8) is 0 Å². The average Bonchev–Trinajstić information content (AvgIpc) is 2.62. The van der Waals surface area contributed by atoms with Gasteiger partial charge in [0.15, 0.2) is 11.5 Å². The molecule has 1 aromatic carbocycles. The molecule has 6 nitrogen and oxygen atoms in total. The number of amides is 1. The van der Waals surface area contributed by atoms with E-state index in [0.29, 0.717) is 5.75 Å².